The lowest BCUT2D eigenvalue weighted by molar-refractivity contribution is 0.0947. The third kappa shape index (κ3) is 5.77. The number of fused-ring (bicyclic) bond motifs is 1. The van der Waals surface area contributed by atoms with E-state index in [0.29, 0.717) is 24.5 Å². The first-order valence-electron chi connectivity index (χ1n) is 11.8. The Bertz CT molecular complexity index is 1570. The van der Waals surface area contributed by atoms with E-state index in [0.717, 1.165) is 33.8 Å². The summed E-state index contributed by atoms with van der Waals surface area (Å²) in [7, 11) is 1.64. The van der Waals surface area contributed by atoms with Gasteiger partial charge < -0.3 is 14.8 Å². The molecule has 1 amide bonds. The van der Waals surface area contributed by atoms with Gasteiger partial charge in [0.1, 0.15) is 18.1 Å². The largest absolute Gasteiger partial charge is 0.497 e. The Kier molecular flexibility index (Phi) is 7.09. The van der Waals surface area contributed by atoms with E-state index in [1.165, 1.54) is 0 Å². The molecule has 7 heteroatoms. The van der Waals surface area contributed by atoms with Gasteiger partial charge in [-0.15, -0.1) is 5.10 Å². The average Bonchev–Trinajstić information content (AvgIpc) is 3.38. The van der Waals surface area contributed by atoms with Crippen molar-refractivity contribution in [3.8, 4) is 34.5 Å². The zero-order chi connectivity index (χ0) is 25.5. The number of ether oxygens (including phenoxy) is 2. The van der Waals surface area contributed by atoms with Gasteiger partial charge in [-0.1, -0.05) is 36.3 Å². The fraction of sp³-hybridized carbons (Fsp3) is 0.100. The highest BCUT2D eigenvalue weighted by Gasteiger charge is 2.09. The molecule has 37 heavy (non-hydrogen) atoms. The molecule has 1 N–H and O–H groups in total. The molecule has 2 heterocycles. The molecule has 0 radical (unpaired) electrons. The quantitative estimate of drug-likeness (QED) is 0.267. The number of carbonyl (C=O) groups is 1. The maximum Gasteiger partial charge on any atom is 0.251 e. The van der Waals surface area contributed by atoms with Crippen LogP contribution in [0.1, 0.15) is 21.7 Å². The minimum Gasteiger partial charge on any atom is -0.497 e. The summed E-state index contributed by atoms with van der Waals surface area (Å²) in [6.45, 7) is 0.804. The molecule has 0 aliphatic heterocycles. The van der Waals surface area contributed by atoms with Crippen molar-refractivity contribution in [2.24, 2.45) is 0 Å². The summed E-state index contributed by atoms with van der Waals surface area (Å²) in [5, 5.41) is 7.35. The van der Waals surface area contributed by atoms with Crippen LogP contribution in [-0.2, 0) is 0 Å². The van der Waals surface area contributed by atoms with Gasteiger partial charge >= 0.3 is 0 Å². The van der Waals surface area contributed by atoms with Crippen LogP contribution >= 0.6 is 0 Å². The Hall–Kier alpha value is -5.09. The zero-order valence-electron chi connectivity index (χ0n) is 20.2. The summed E-state index contributed by atoms with van der Waals surface area (Å²) in [6.07, 6.45) is 1.85. The molecule has 0 fully saturated rings. The molecule has 5 rings (SSSR count). The molecule has 0 aliphatic rings. The normalized spacial score (nSPS) is 10.4. The second kappa shape index (κ2) is 11.1. The van der Waals surface area contributed by atoms with Crippen LogP contribution in [0.25, 0.3) is 16.8 Å². The summed E-state index contributed by atoms with van der Waals surface area (Å²) >= 11 is 0. The smallest absolute Gasteiger partial charge is 0.251 e. The van der Waals surface area contributed by atoms with Crippen molar-refractivity contribution >= 4 is 11.6 Å². The van der Waals surface area contributed by atoms with Crippen molar-refractivity contribution in [1.82, 2.24) is 19.9 Å². The van der Waals surface area contributed by atoms with E-state index >= 15 is 0 Å². The number of hydrogen-bond acceptors (Lipinski definition) is 5. The van der Waals surface area contributed by atoms with Gasteiger partial charge in [0.25, 0.3) is 5.91 Å². The molecule has 3 aromatic carbocycles. The number of nitrogens with one attached hydrogen (secondary N) is 1. The van der Waals surface area contributed by atoms with E-state index < -0.39 is 0 Å². The first-order chi connectivity index (χ1) is 18.2. The minimum atomic E-state index is -0.163. The number of pyridine rings is 1. The van der Waals surface area contributed by atoms with E-state index in [-0.39, 0.29) is 5.91 Å². The number of para-hydroxylation sites is 1. The third-order valence-corrected chi connectivity index (χ3v) is 5.63. The van der Waals surface area contributed by atoms with Gasteiger partial charge in [0.05, 0.1) is 13.7 Å². The van der Waals surface area contributed by atoms with Crippen LogP contribution in [0.15, 0.2) is 97.2 Å². The molecule has 0 saturated heterocycles. The molecule has 0 unspecified atom stereocenters. The lowest BCUT2D eigenvalue weighted by Gasteiger charge is -2.07. The first kappa shape index (κ1) is 23.6. The van der Waals surface area contributed by atoms with Gasteiger partial charge in [-0.2, -0.15) is 4.98 Å². The summed E-state index contributed by atoms with van der Waals surface area (Å²) < 4.78 is 12.6. The van der Waals surface area contributed by atoms with Gasteiger partial charge in [-0.3, -0.25) is 4.79 Å². The highest BCUT2D eigenvalue weighted by Crippen LogP contribution is 2.25. The fourth-order valence-electron chi connectivity index (χ4n) is 3.74. The molecular formula is C30H24N4O3. The number of methoxy groups -OCH3 is 1. The predicted molar refractivity (Wildman–Crippen MR) is 142 cm³/mol. The Morgan fingerprint density at radius 3 is 2.43 bits per heavy atom. The summed E-state index contributed by atoms with van der Waals surface area (Å²) in [5.41, 5.74) is 4.01. The van der Waals surface area contributed by atoms with Crippen LogP contribution in [0.4, 0.5) is 0 Å². The average molecular weight is 489 g/mol. The predicted octanol–water partition coefficient (Wildman–Crippen LogP) is 4.61. The van der Waals surface area contributed by atoms with Crippen LogP contribution in [0.5, 0.6) is 11.5 Å². The maximum atomic E-state index is 12.4. The van der Waals surface area contributed by atoms with Crippen molar-refractivity contribution in [2.75, 3.05) is 20.3 Å². The van der Waals surface area contributed by atoms with Crippen molar-refractivity contribution in [2.45, 2.75) is 0 Å². The fourth-order valence-corrected chi connectivity index (χ4v) is 3.74. The number of nitrogens with zero attached hydrogens (tertiary/aromatic N) is 3. The van der Waals surface area contributed by atoms with Crippen molar-refractivity contribution in [3.63, 3.8) is 0 Å². The Morgan fingerprint density at radius 1 is 0.892 bits per heavy atom. The number of carbonyl (C=O) groups excluding carboxylic acids is 1. The lowest BCUT2D eigenvalue weighted by atomic mass is 10.1. The SMILES string of the molecule is COc1ccc(-c2cccn3nc(C#Cc4ccc(C(=O)NCCOc5ccccc5)cc4)nc23)cc1. The Labute approximate surface area is 214 Å². The number of hydrogen-bond donors (Lipinski definition) is 1. The number of aromatic nitrogens is 3. The Morgan fingerprint density at radius 2 is 1.68 bits per heavy atom. The molecular weight excluding hydrogens is 464 g/mol. The molecule has 5 aromatic rings. The first-order valence-corrected chi connectivity index (χ1v) is 11.8. The van der Waals surface area contributed by atoms with Crippen LogP contribution < -0.4 is 14.8 Å². The molecule has 0 atom stereocenters. The molecule has 0 spiro atoms. The number of benzene rings is 3. The van der Waals surface area contributed by atoms with Crippen molar-refractivity contribution in [1.29, 1.82) is 0 Å². The van der Waals surface area contributed by atoms with E-state index in [4.69, 9.17) is 9.47 Å². The van der Waals surface area contributed by atoms with E-state index in [9.17, 15) is 4.79 Å². The van der Waals surface area contributed by atoms with Crippen molar-refractivity contribution < 1.29 is 14.3 Å². The molecule has 0 bridgehead atoms. The second-order valence-corrected chi connectivity index (χ2v) is 8.10. The highest BCUT2D eigenvalue weighted by atomic mass is 16.5. The van der Waals surface area contributed by atoms with Crippen LogP contribution in [0, 0.1) is 11.8 Å². The number of amides is 1. The highest BCUT2D eigenvalue weighted by molar-refractivity contribution is 5.94. The monoisotopic (exact) mass is 488 g/mol. The van der Waals surface area contributed by atoms with E-state index in [2.05, 4.69) is 27.2 Å². The van der Waals surface area contributed by atoms with Crippen LogP contribution in [0.2, 0.25) is 0 Å². The third-order valence-electron chi connectivity index (χ3n) is 5.63. The summed E-state index contributed by atoms with van der Waals surface area (Å²) in [6, 6.07) is 28.3. The second-order valence-electron chi connectivity index (χ2n) is 8.10. The van der Waals surface area contributed by atoms with Crippen LogP contribution in [0.3, 0.4) is 0 Å². The molecule has 182 valence electrons. The molecule has 2 aromatic heterocycles. The van der Waals surface area contributed by atoms with Crippen LogP contribution in [-0.4, -0.2) is 40.8 Å². The molecule has 0 aliphatic carbocycles. The summed E-state index contributed by atoms with van der Waals surface area (Å²) in [5.74, 6) is 7.93. The van der Waals surface area contributed by atoms with Gasteiger partial charge in [0.15, 0.2) is 5.65 Å². The van der Waals surface area contributed by atoms with E-state index in [1.807, 2.05) is 72.9 Å². The minimum absolute atomic E-state index is 0.163. The lowest BCUT2D eigenvalue weighted by Crippen LogP contribution is -2.28. The Balaban J connectivity index is 1.23. The summed E-state index contributed by atoms with van der Waals surface area (Å²) in [4.78, 5) is 17.0. The van der Waals surface area contributed by atoms with Gasteiger partial charge in [0, 0.05) is 22.9 Å². The topological polar surface area (TPSA) is 77.8 Å². The van der Waals surface area contributed by atoms with Crippen molar-refractivity contribution in [3.05, 3.63) is 114 Å². The van der Waals surface area contributed by atoms with Gasteiger partial charge in [-0.25, -0.2) is 4.52 Å². The van der Waals surface area contributed by atoms with Gasteiger partial charge in [0.2, 0.25) is 5.82 Å². The molecule has 7 nitrogen and oxygen atoms in total. The van der Waals surface area contributed by atoms with E-state index in [1.54, 1.807) is 35.9 Å². The molecule has 0 saturated carbocycles. The number of rotatable bonds is 7. The standard InChI is InChI=1S/C30H24N4O3/c1-36-25-16-14-23(15-17-25)27-8-5-20-34-29(27)32-28(33-34)18-11-22-9-12-24(13-10-22)30(35)31-19-21-37-26-6-3-2-4-7-26/h2-10,12-17,20H,19,21H2,1H3,(H,31,35). The zero-order valence-corrected chi connectivity index (χ0v) is 20.2. The van der Waals surface area contributed by atoms with Gasteiger partial charge in [-0.05, 0) is 72.1 Å². The maximum absolute atomic E-state index is 12.4.